The number of fused-ring (bicyclic) bond motifs is 1. The number of para-hydroxylation sites is 1. The van der Waals surface area contributed by atoms with E-state index in [9.17, 15) is 9.18 Å². The number of amides is 1. The van der Waals surface area contributed by atoms with E-state index in [2.05, 4.69) is 20.9 Å². The van der Waals surface area contributed by atoms with Gasteiger partial charge in [0, 0.05) is 23.0 Å². The van der Waals surface area contributed by atoms with Crippen LogP contribution in [0.4, 0.5) is 15.8 Å². The van der Waals surface area contributed by atoms with Crippen LogP contribution in [0.2, 0.25) is 0 Å². The number of anilines is 2. The van der Waals surface area contributed by atoms with Crippen LogP contribution in [-0.4, -0.2) is 16.0 Å². The number of hydrogen-bond donors (Lipinski definition) is 3. The molecular weight excluding hydrogens is 423 g/mol. The highest BCUT2D eigenvalue weighted by molar-refractivity contribution is 7.80. The third kappa shape index (κ3) is 4.90. The lowest BCUT2D eigenvalue weighted by atomic mass is 10.0. The molecule has 32 heavy (non-hydrogen) atoms. The average molecular weight is 445 g/mol. The summed E-state index contributed by atoms with van der Waals surface area (Å²) in [5.74, 6) is -1.06. The van der Waals surface area contributed by atoms with Crippen molar-refractivity contribution in [3.8, 4) is 0 Å². The lowest BCUT2D eigenvalue weighted by Crippen LogP contribution is -2.31. The minimum absolute atomic E-state index is 0.00213. The molecule has 3 N–H and O–H groups in total. The molecule has 0 fully saturated rings. The summed E-state index contributed by atoms with van der Waals surface area (Å²) in [4.78, 5) is 16.6. The largest absolute Gasteiger partial charge is 0.356 e. The predicted molar refractivity (Wildman–Crippen MR) is 130 cm³/mol. The number of halogens is 1. The number of aromatic nitrogens is 1. The van der Waals surface area contributed by atoms with Crippen molar-refractivity contribution >= 4 is 45.5 Å². The van der Waals surface area contributed by atoms with E-state index in [0.29, 0.717) is 10.8 Å². The SMILES string of the molecule is CC(NC(=S)Nc1ccc(NC(=O)c2ccccc2F)cc1)c1ccnc2ccccc12. The maximum atomic E-state index is 13.8. The van der Waals surface area contributed by atoms with Gasteiger partial charge in [-0.05, 0) is 73.2 Å². The molecule has 4 aromatic rings. The fraction of sp³-hybridized carbons (Fsp3) is 0.0800. The van der Waals surface area contributed by atoms with Crippen molar-refractivity contribution in [1.29, 1.82) is 0 Å². The first-order valence-electron chi connectivity index (χ1n) is 10.1. The van der Waals surface area contributed by atoms with Gasteiger partial charge in [-0.2, -0.15) is 0 Å². The molecule has 4 rings (SSSR count). The van der Waals surface area contributed by atoms with Gasteiger partial charge in [0.1, 0.15) is 5.82 Å². The van der Waals surface area contributed by atoms with Crippen molar-refractivity contribution in [2.75, 3.05) is 10.6 Å². The summed E-state index contributed by atoms with van der Waals surface area (Å²) in [5, 5.41) is 10.7. The van der Waals surface area contributed by atoms with Crippen molar-refractivity contribution in [1.82, 2.24) is 10.3 Å². The highest BCUT2D eigenvalue weighted by Crippen LogP contribution is 2.23. The number of benzene rings is 3. The van der Waals surface area contributed by atoms with Gasteiger partial charge in [-0.15, -0.1) is 0 Å². The Bertz CT molecular complexity index is 1270. The molecule has 1 atom stereocenters. The van der Waals surface area contributed by atoms with Crippen LogP contribution in [0.3, 0.4) is 0 Å². The van der Waals surface area contributed by atoms with Gasteiger partial charge in [-0.1, -0.05) is 30.3 Å². The summed E-state index contributed by atoms with van der Waals surface area (Å²) in [5.41, 5.74) is 3.35. The summed E-state index contributed by atoms with van der Waals surface area (Å²) < 4.78 is 13.8. The van der Waals surface area contributed by atoms with Gasteiger partial charge in [0.15, 0.2) is 5.11 Å². The zero-order chi connectivity index (χ0) is 22.5. The maximum Gasteiger partial charge on any atom is 0.258 e. The molecule has 0 spiro atoms. The number of thiocarbonyl (C=S) groups is 1. The zero-order valence-electron chi connectivity index (χ0n) is 17.3. The van der Waals surface area contributed by atoms with Crippen LogP contribution < -0.4 is 16.0 Å². The molecule has 0 aliphatic carbocycles. The molecule has 1 heterocycles. The van der Waals surface area contributed by atoms with E-state index in [1.165, 1.54) is 12.1 Å². The van der Waals surface area contributed by atoms with Crippen LogP contribution in [0.25, 0.3) is 10.9 Å². The third-order valence-corrected chi connectivity index (χ3v) is 5.24. The fourth-order valence-electron chi connectivity index (χ4n) is 3.42. The normalized spacial score (nSPS) is 11.6. The van der Waals surface area contributed by atoms with Crippen molar-refractivity contribution in [3.05, 3.63) is 102 Å². The Morgan fingerprint density at radius 3 is 2.31 bits per heavy atom. The molecule has 0 bridgehead atoms. The zero-order valence-corrected chi connectivity index (χ0v) is 18.1. The molecule has 0 aliphatic rings. The molecule has 0 saturated heterocycles. The number of carbonyl (C=O) groups excluding carboxylic acids is 1. The number of hydrogen-bond acceptors (Lipinski definition) is 3. The molecule has 1 aromatic heterocycles. The quantitative estimate of drug-likeness (QED) is 0.346. The van der Waals surface area contributed by atoms with E-state index in [-0.39, 0.29) is 11.6 Å². The number of carbonyl (C=O) groups is 1. The molecule has 0 aliphatic heterocycles. The molecule has 0 saturated carbocycles. The minimum atomic E-state index is -0.559. The second kappa shape index (κ2) is 9.53. The van der Waals surface area contributed by atoms with E-state index in [0.717, 1.165) is 22.2 Å². The van der Waals surface area contributed by atoms with Gasteiger partial charge in [-0.25, -0.2) is 4.39 Å². The molecule has 3 aromatic carbocycles. The highest BCUT2D eigenvalue weighted by Gasteiger charge is 2.12. The van der Waals surface area contributed by atoms with Crippen LogP contribution in [0.5, 0.6) is 0 Å². The molecule has 5 nitrogen and oxygen atoms in total. The van der Waals surface area contributed by atoms with Crippen LogP contribution in [0.1, 0.15) is 28.9 Å². The summed E-state index contributed by atoms with van der Waals surface area (Å²) in [7, 11) is 0. The summed E-state index contributed by atoms with van der Waals surface area (Å²) in [6, 6.07) is 22.8. The molecule has 1 amide bonds. The van der Waals surface area contributed by atoms with Crippen LogP contribution in [0.15, 0.2) is 85.1 Å². The molecule has 7 heteroatoms. The van der Waals surface area contributed by atoms with Gasteiger partial charge in [0.25, 0.3) is 5.91 Å². The van der Waals surface area contributed by atoms with Gasteiger partial charge < -0.3 is 16.0 Å². The summed E-state index contributed by atoms with van der Waals surface area (Å²) in [6.45, 7) is 2.04. The lowest BCUT2D eigenvalue weighted by molar-refractivity contribution is 0.102. The van der Waals surface area contributed by atoms with Crippen LogP contribution in [-0.2, 0) is 0 Å². The van der Waals surface area contributed by atoms with Crippen molar-refractivity contribution < 1.29 is 9.18 Å². The van der Waals surface area contributed by atoms with Crippen molar-refractivity contribution in [2.45, 2.75) is 13.0 Å². The molecule has 160 valence electrons. The Hall–Kier alpha value is -3.84. The number of pyridine rings is 1. The monoisotopic (exact) mass is 444 g/mol. The predicted octanol–water partition coefficient (Wildman–Crippen LogP) is 5.67. The first-order chi connectivity index (χ1) is 15.5. The van der Waals surface area contributed by atoms with Gasteiger partial charge >= 0.3 is 0 Å². The van der Waals surface area contributed by atoms with Gasteiger partial charge in [0.05, 0.1) is 17.1 Å². The number of rotatable bonds is 5. The molecule has 0 radical (unpaired) electrons. The number of nitrogens with one attached hydrogen (secondary N) is 3. The first-order valence-corrected chi connectivity index (χ1v) is 10.5. The van der Waals surface area contributed by atoms with Crippen molar-refractivity contribution in [3.63, 3.8) is 0 Å². The van der Waals surface area contributed by atoms with Crippen molar-refractivity contribution in [2.24, 2.45) is 0 Å². The van der Waals surface area contributed by atoms with Crippen LogP contribution >= 0.6 is 12.2 Å². The maximum absolute atomic E-state index is 13.8. The van der Waals surface area contributed by atoms with E-state index >= 15 is 0 Å². The summed E-state index contributed by atoms with van der Waals surface area (Å²) >= 11 is 5.47. The fourth-order valence-corrected chi connectivity index (χ4v) is 3.71. The second-order valence-electron chi connectivity index (χ2n) is 7.25. The van der Waals surface area contributed by atoms with Gasteiger partial charge in [-0.3, -0.25) is 9.78 Å². The molecular formula is C25H21FN4OS. The smallest absolute Gasteiger partial charge is 0.258 e. The van der Waals surface area contributed by atoms with E-state index in [4.69, 9.17) is 12.2 Å². The Kier molecular flexibility index (Phi) is 6.37. The second-order valence-corrected chi connectivity index (χ2v) is 7.66. The lowest BCUT2D eigenvalue weighted by Gasteiger charge is -2.19. The average Bonchev–Trinajstić information content (AvgIpc) is 2.80. The van der Waals surface area contributed by atoms with Gasteiger partial charge in [0.2, 0.25) is 0 Å². The van der Waals surface area contributed by atoms with Crippen LogP contribution in [0, 0.1) is 5.82 Å². The Morgan fingerprint density at radius 2 is 1.56 bits per heavy atom. The Morgan fingerprint density at radius 1 is 0.906 bits per heavy atom. The summed E-state index contributed by atoms with van der Waals surface area (Å²) in [6.07, 6.45) is 1.79. The minimum Gasteiger partial charge on any atom is -0.356 e. The standard InChI is InChI=1S/C25H21FN4OS/c1-16(19-14-15-27-23-9-5-3-6-20(19)23)28-25(32)30-18-12-10-17(11-13-18)29-24(31)21-7-2-4-8-22(21)26/h2-16H,1H3,(H,29,31)(H2,28,30,32). The van der Waals surface area contributed by atoms with E-state index < -0.39 is 11.7 Å². The molecule has 1 unspecified atom stereocenters. The Labute approximate surface area is 190 Å². The first kappa shape index (κ1) is 21.4. The van der Waals surface area contributed by atoms with E-state index in [1.807, 2.05) is 37.3 Å². The Balaban J connectivity index is 1.37. The highest BCUT2D eigenvalue weighted by atomic mass is 32.1. The topological polar surface area (TPSA) is 66.0 Å². The van der Waals surface area contributed by atoms with E-state index in [1.54, 1.807) is 42.6 Å². The number of nitrogens with zero attached hydrogens (tertiary/aromatic N) is 1. The third-order valence-electron chi connectivity index (χ3n) is 5.02.